The lowest BCUT2D eigenvalue weighted by Crippen LogP contribution is -2.58. The van der Waals surface area contributed by atoms with Crippen LogP contribution in [0.3, 0.4) is 0 Å². The van der Waals surface area contributed by atoms with Gasteiger partial charge in [-0.25, -0.2) is 5.43 Å². The van der Waals surface area contributed by atoms with E-state index in [2.05, 4.69) is 5.43 Å². The first kappa shape index (κ1) is 12.3. The van der Waals surface area contributed by atoms with Gasteiger partial charge in [0.25, 0.3) is 0 Å². The van der Waals surface area contributed by atoms with Crippen LogP contribution in [0.25, 0.3) is 0 Å². The second-order valence-electron chi connectivity index (χ2n) is 2.09. The van der Waals surface area contributed by atoms with Gasteiger partial charge in [0.2, 0.25) is 0 Å². The largest absolute Gasteiger partial charge is 0.394 e. The molecule has 0 bridgehead atoms. The SMILES string of the molecule is NNC(CO)(COI)COI. The highest BCUT2D eigenvalue weighted by Crippen LogP contribution is 2.08. The molecule has 0 amide bonds. The van der Waals surface area contributed by atoms with Crippen LogP contribution in [0, 0.1) is 0 Å². The zero-order valence-electron chi connectivity index (χ0n) is 5.72. The Hall–Kier alpha value is 1.26. The molecule has 68 valence electrons. The molecular formula is C4H10I2N2O3. The molecule has 0 aliphatic rings. The molecule has 0 rings (SSSR count). The summed E-state index contributed by atoms with van der Waals surface area (Å²) in [5.74, 6) is 5.21. The fourth-order valence-electron chi connectivity index (χ4n) is 0.471. The summed E-state index contributed by atoms with van der Waals surface area (Å²) in [5, 5.41) is 8.93. The van der Waals surface area contributed by atoms with Crippen LogP contribution in [0.1, 0.15) is 0 Å². The normalized spacial score (nSPS) is 12.0. The van der Waals surface area contributed by atoms with Gasteiger partial charge in [0.1, 0.15) is 51.6 Å². The van der Waals surface area contributed by atoms with Crippen molar-refractivity contribution in [3.05, 3.63) is 0 Å². The van der Waals surface area contributed by atoms with Crippen LogP contribution in [0.15, 0.2) is 0 Å². The standard InChI is InChI=1S/C4H10I2N2O3/c5-10-2-4(1-9,8-7)3-11-6/h8-9H,1-3,7H2. The maximum atomic E-state index is 8.93. The Bertz CT molecular complexity index is 93.3. The molecule has 0 aliphatic carbocycles. The third-order valence-electron chi connectivity index (χ3n) is 1.27. The molecule has 11 heavy (non-hydrogen) atoms. The van der Waals surface area contributed by atoms with Crippen molar-refractivity contribution in [3.63, 3.8) is 0 Å². The predicted octanol–water partition coefficient (Wildman–Crippen LogP) is -0.0860. The highest BCUT2D eigenvalue weighted by molar-refractivity contribution is 14.1. The van der Waals surface area contributed by atoms with Crippen molar-refractivity contribution >= 4 is 46.0 Å². The van der Waals surface area contributed by atoms with Gasteiger partial charge in [0.15, 0.2) is 0 Å². The van der Waals surface area contributed by atoms with Crippen LogP contribution >= 0.6 is 46.0 Å². The van der Waals surface area contributed by atoms with Gasteiger partial charge < -0.3 is 11.2 Å². The van der Waals surface area contributed by atoms with Crippen LogP contribution in [-0.2, 0) is 6.13 Å². The van der Waals surface area contributed by atoms with E-state index in [1.54, 1.807) is 46.0 Å². The van der Waals surface area contributed by atoms with Crippen LogP contribution in [0.4, 0.5) is 0 Å². The van der Waals surface area contributed by atoms with Gasteiger partial charge in [0.05, 0.1) is 19.8 Å². The molecule has 0 saturated heterocycles. The zero-order valence-corrected chi connectivity index (χ0v) is 10.0. The highest BCUT2D eigenvalue weighted by Gasteiger charge is 2.28. The molecule has 0 aromatic rings. The number of rotatable bonds is 6. The van der Waals surface area contributed by atoms with Gasteiger partial charge in [-0.2, -0.15) is 0 Å². The highest BCUT2D eigenvalue weighted by atomic mass is 127. The second kappa shape index (κ2) is 6.74. The third kappa shape index (κ3) is 4.15. The van der Waals surface area contributed by atoms with Crippen LogP contribution in [0.2, 0.25) is 0 Å². The number of nitrogens with two attached hydrogens (primary N) is 1. The van der Waals surface area contributed by atoms with E-state index in [-0.39, 0.29) is 6.61 Å². The molecule has 0 aliphatic heterocycles. The molecule has 5 nitrogen and oxygen atoms in total. The lowest BCUT2D eigenvalue weighted by Gasteiger charge is -2.27. The van der Waals surface area contributed by atoms with Gasteiger partial charge in [-0.1, -0.05) is 0 Å². The van der Waals surface area contributed by atoms with E-state index in [1.807, 2.05) is 0 Å². The first-order chi connectivity index (χ1) is 5.24. The fraction of sp³-hybridized carbons (Fsp3) is 1.00. The van der Waals surface area contributed by atoms with Crippen molar-refractivity contribution in [2.45, 2.75) is 5.54 Å². The molecule has 7 heteroatoms. The second-order valence-corrected chi connectivity index (χ2v) is 3.34. The molecule has 0 radical (unpaired) electrons. The van der Waals surface area contributed by atoms with E-state index in [9.17, 15) is 0 Å². The summed E-state index contributed by atoms with van der Waals surface area (Å²) in [4.78, 5) is 0. The van der Waals surface area contributed by atoms with Crippen LogP contribution < -0.4 is 11.3 Å². The third-order valence-corrected chi connectivity index (χ3v) is 1.89. The topological polar surface area (TPSA) is 76.7 Å². The van der Waals surface area contributed by atoms with Crippen molar-refractivity contribution in [2.24, 2.45) is 5.84 Å². The molecule has 4 N–H and O–H groups in total. The Kier molecular flexibility index (Phi) is 7.51. The molecule has 0 aromatic carbocycles. The zero-order chi connectivity index (χ0) is 8.74. The summed E-state index contributed by atoms with van der Waals surface area (Å²) in [6.07, 6.45) is 0. The smallest absolute Gasteiger partial charge is 0.109 e. The van der Waals surface area contributed by atoms with Crippen molar-refractivity contribution < 1.29 is 11.2 Å². The van der Waals surface area contributed by atoms with Gasteiger partial charge in [-0.3, -0.25) is 5.84 Å². The van der Waals surface area contributed by atoms with Crippen LogP contribution in [0.5, 0.6) is 0 Å². The van der Waals surface area contributed by atoms with Crippen molar-refractivity contribution in [1.82, 2.24) is 5.43 Å². The fourth-order valence-corrected chi connectivity index (χ4v) is 1.66. The van der Waals surface area contributed by atoms with Gasteiger partial charge in [-0.05, 0) is 0 Å². The van der Waals surface area contributed by atoms with Crippen molar-refractivity contribution in [3.8, 4) is 0 Å². The maximum Gasteiger partial charge on any atom is 0.109 e. The minimum Gasteiger partial charge on any atom is -0.394 e. The van der Waals surface area contributed by atoms with Gasteiger partial charge in [0, 0.05) is 0 Å². The molecule has 0 aromatic heterocycles. The lowest BCUT2D eigenvalue weighted by atomic mass is 10.1. The lowest BCUT2D eigenvalue weighted by molar-refractivity contribution is 0.0889. The molecule has 0 heterocycles. The Morgan fingerprint density at radius 1 is 1.36 bits per heavy atom. The first-order valence-electron chi connectivity index (χ1n) is 2.80. The van der Waals surface area contributed by atoms with Gasteiger partial charge in [-0.15, -0.1) is 0 Å². The summed E-state index contributed by atoms with van der Waals surface area (Å²) < 4.78 is 9.65. The number of hydrogen-bond donors (Lipinski definition) is 3. The quantitative estimate of drug-likeness (QED) is 0.337. The average Bonchev–Trinajstić information content (AvgIpc) is 2.04. The van der Waals surface area contributed by atoms with E-state index >= 15 is 0 Å². The summed E-state index contributed by atoms with van der Waals surface area (Å²) in [5.41, 5.74) is 1.77. The number of halogens is 2. The molecule has 0 unspecified atom stereocenters. The number of nitrogens with one attached hydrogen (secondary N) is 1. The van der Waals surface area contributed by atoms with E-state index in [0.29, 0.717) is 13.2 Å². The summed E-state index contributed by atoms with van der Waals surface area (Å²) in [7, 11) is 0. The average molecular weight is 388 g/mol. The van der Waals surface area contributed by atoms with Gasteiger partial charge >= 0.3 is 0 Å². The predicted molar refractivity (Wildman–Crippen MR) is 57.1 cm³/mol. The molecule has 0 saturated carbocycles. The Morgan fingerprint density at radius 2 is 1.82 bits per heavy atom. The minimum atomic E-state index is -0.692. The Morgan fingerprint density at radius 3 is 2.00 bits per heavy atom. The molecule has 0 fully saturated rings. The molecular weight excluding hydrogens is 378 g/mol. The monoisotopic (exact) mass is 388 g/mol. The maximum absolute atomic E-state index is 8.93. The Labute approximate surface area is 93.3 Å². The number of hydrogen-bond acceptors (Lipinski definition) is 5. The molecule has 0 spiro atoms. The summed E-state index contributed by atoms with van der Waals surface area (Å²) in [6, 6.07) is 0. The van der Waals surface area contributed by atoms with E-state index in [1.165, 1.54) is 0 Å². The first-order valence-corrected chi connectivity index (χ1v) is 4.56. The van der Waals surface area contributed by atoms with E-state index < -0.39 is 5.54 Å². The summed E-state index contributed by atoms with van der Waals surface area (Å²) in [6.45, 7) is 0.461. The van der Waals surface area contributed by atoms with Crippen molar-refractivity contribution in [2.75, 3.05) is 19.8 Å². The van der Waals surface area contributed by atoms with E-state index in [4.69, 9.17) is 17.1 Å². The van der Waals surface area contributed by atoms with Crippen LogP contribution in [-0.4, -0.2) is 30.5 Å². The number of aliphatic hydroxyl groups excluding tert-OH is 1. The minimum absolute atomic E-state index is 0.129. The Balaban J connectivity index is 3.96. The molecule has 0 atom stereocenters. The number of hydrazine groups is 1. The summed E-state index contributed by atoms with van der Waals surface area (Å²) >= 11 is 3.47. The number of aliphatic hydroxyl groups is 1. The van der Waals surface area contributed by atoms with Crippen molar-refractivity contribution in [1.29, 1.82) is 0 Å². The van der Waals surface area contributed by atoms with E-state index in [0.717, 1.165) is 0 Å².